The van der Waals surface area contributed by atoms with Crippen molar-refractivity contribution >= 4 is 40.3 Å². The fourth-order valence-corrected chi connectivity index (χ4v) is 5.38. The predicted molar refractivity (Wildman–Crippen MR) is 104 cm³/mol. The van der Waals surface area contributed by atoms with Gasteiger partial charge in [0, 0.05) is 15.8 Å². The molecule has 2 fully saturated rings. The molecule has 6 heteroatoms. The first kappa shape index (κ1) is 17.5. The molecule has 2 heterocycles. The zero-order valence-electron chi connectivity index (χ0n) is 14.1. The Morgan fingerprint density at radius 1 is 1.00 bits per heavy atom. The number of rotatable bonds is 3. The Bertz CT molecular complexity index is 866. The van der Waals surface area contributed by atoms with Gasteiger partial charge in [0.25, 0.3) is 11.1 Å². The summed E-state index contributed by atoms with van der Waals surface area (Å²) in [5.74, 6) is -0.425. The molecule has 0 bridgehead atoms. The van der Waals surface area contributed by atoms with Crippen molar-refractivity contribution in [1.82, 2.24) is 4.90 Å². The Labute approximate surface area is 159 Å². The van der Waals surface area contributed by atoms with Crippen molar-refractivity contribution in [3.8, 4) is 10.4 Å². The molecule has 2 aromatic rings. The van der Waals surface area contributed by atoms with E-state index in [1.165, 1.54) is 34.8 Å². The monoisotopic (exact) mass is 387 g/mol. The number of benzene rings is 1. The Morgan fingerprint density at radius 3 is 2.46 bits per heavy atom. The van der Waals surface area contributed by atoms with Crippen molar-refractivity contribution in [2.75, 3.05) is 0 Å². The van der Waals surface area contributed by atoms with Gasteiger partial charge in [0.2, 0.25) is 0 Å². The number of hydrogen-bond acceptors (Lipinski definition) is 4. The fourth-order valence-electron chi connectivity index (χ4n) is 3.46. The van der Waals surface area contributed by atoms with Crippen LogP contribution in [-0.4, -0.2) is 22.1 Å². The lowest BCUT2D eigenvalue weighted by atomic mass is 9.94. The van der Waals surface area contributed by atoms with E-state index in [4.69, 9.17) is 0 Å². The number of imide groups is 1. The molecular formula is C20H18FNO2S2. The lowest BCUT2D eigenvalue weighted by Gasteiger charge is -2.28. The Hall–Kier alpha value is -1.92. The van der Waals surface area contributed by atoms with Crippen molar-refractivity contribution in [2.24, 2.45) is 0 Å². The summed E-state index contributed by atoms with van der Waals surface area (Å²) < 4.78 is 13.1. The quantitative estimate of drug-likeness (QED) is 0.613. The third-order valence-corrected chi connectivity index (χ3v) is 6.76. The highest BCUT2D eigenvalue weighted by molar-refractivity contribution is 8.18. The lowest BCUT2D eigenvalue weighted by Crippen LogP contribution is -2.39. The molecule has 2 aliphatic rings. The second-order valence-corrected chi connectivity index (χ2v) is 8.66. The molecule has 26 heavy (non-hydrogen) atoms. The molecule has 1 saturated carbocycles. The Morgan fingerprint density at radius 2 is 1.73 bits per heavy atom. The fraction of sp³-hybridized carbons (Fsp3) is 0.300. The van der Waals surface area contributed by atoms with E-state index < -0.39 is 0 Å². The summed E-state index contributed by atoms with van der Waals surface area (Å²) in [5, 5.41) is -0.150. The third kappa shape index (κ3) is 3.48. The molecule has 1 aromatic heterocycles. The summed E-state index contributed by atoms with van der Waals surface area (Å²) in [6.45, 7) is 0. The summed E-state index contributed by atoms with van der Waals surface area (Å²) in [6, 6.07) is 10.3. The molecule has 0 unspecified atom stereocenters. The molecule has 2 amide bonds. The van der Waals surface area contributed by atoms with Gasteiger partial charge in [-0.3, -0.25) is 14.5 Å². The standard InChI is InChI=1S/C20H18FNO2S2/c21-14-8-6-13(7-9-14)17-11-10-16(25-17)12-18-19(23)22(20(24)26-18)15-4-2-1-3-5-15/h6-12,15H,1-5H2/b18-12-. The maximum absolute atomic E-state index is 13.1. The molecule has 4 rings (SSSR count). The highest BCUT2D eigenvalue weighted by atomic mass is 32.2. The van der Waals surface area contributed by atoms with Gasteiger partial charge in [0.15, 0.2) is 0 Å². The van der Waals surface area contributed by atoms with Crippen molar-refractivity contribution < 1.29 is 14.0 Å². The average Bonchev–Trinajstić information content (AvgIpc) is 3.21. The van der Waals surface area contributed by atoms with Gasteiger partial charge in [-0.1, -0.05) is 31.4 Å². The van der Waals surface area contributed by atoms with Gasteiger partial charge < -0.3 is 0 Å². The number of carbonyl (C=O) groups is 2. The summed E-state index contributed by atoms with van der Waals surface area (Å²) >= 11 is 2.56. The molecule has 1 aliphatic carbocycles. The van der Waals surface area contributed by atoms with Crippen LogP contribution in [0.15, 0.2) is 41.3 Å². The highest BCUT2D eigenvalue weighted by Crippen LogP contribution is 2.38. The van der Waals surface area contributed by atoms with Gasteiger partial charge >= 0.3 is 0 Å². The normalized spacial score (nSPS) is 20.3. The summed E-state index contributed by atoms with van der Waals surface area (Å²) in [7, 11) is 0. The highest BCUT2D eigenvalue weighted by Gasteiger charge is 2.40. The minimum atomic E-state index is -0.262. The SMILES string of the molecule is O=C1S/C(=C\c2ccc(-c3ccc(F)cc3)s2)C(=O)N1C1CCCCC1. The van der Waals surface area contributed by atoms with Crippen LogP contribution in [0.4, 0.5) is 9.18 Å². The van der Waals surface area contributed by atoms with Crippen LogP contribution in [-0.2, 0) is 4.79 Å². The second-order valence-electron chi connectivity index (χ2n) is 6.55. The van der Waals surface area contributed by atoms with Crippen molar-refractivity contribution in [2.45, 2.75) is 38.1 Å². The van der Waals surface area contributed by atoms with Crippen LogP contribution in [0.2, 0.25) is 0 Å². The molecule has 0 atom stereocenters. The Balaban J connectivity index is 1.54. The van der Waals surface area contributed by atoms with E-state index in [0.29, 0.717) is 4.91 Å². The lowest BCUT2D eigenvalue weighted by molar-refractivity contribution is -0.124. The van der Waals surface area contributed by atoms with Gasteiger partial charge in [0.1, 0.15) is 5.82 Å². The van der Waals surface area contributed by atoms with Gasteiger partial charge in [-0.05, 0) is 60.5 Å². The van der Waals surface area contributed by atoms with Gasteiger partial charge in [-0.2, -0.15) is 0 Å². The van der Waals surface area contributed by atoms with E-state index >= 15 is 0 Å². The van der Waals surface area contributed by atoms with E-state index in [-0.39, 0.29) is 23.0 Å². The topological polar surface area (TPSA) is 37.4 Å². The molecule has 134 valence electrons. The summed E-state index contributed by atoms with van der Waals surface area (Å²) in [6.07, 6.45) is 6.97. The molecule has 1 saturated heterocycles. The zero-order chi connectivity index (χ0) is 18.1. The second kappa shape index (κ2) is 7.37. The number of nitrogens with zero attached hydrogens (tertiary/aromatic N) is 1. The molecule has 0 N–H and O–H groups in total. The first-order chi connectivity index (χ1) is 12.6. The van der Waals surface area contributed by atoms with Crippen molar-refractivity contribution in [3.63, 3.8) is 0 Å². The number of thioether (sulfide) groups is 1. The number of hydrogen-bond donors (Lipinski definition) is 0. The van der Waals surface area contributed by atoms with Gasteiger partial charge in [-0.25, -0.2) is 4.39 Å². The van der Waals surface area contributed by atoms with Crippen LogP contribution in [0.5, 0.6) is 0 Å². The minimum absolute atomic E-state index is 0.0558. The largest absolute Gasteiger partial charge is 0.293 e. The average molecular weight is 388 g/mol. The van der Waals surface area contributed by atoms with E-state index in [1.807, 2.05) is 12.1 Å². The minimum Gasteiger partial charge on any atom is -0.268 e. The smallest absolute Gasteiger partial charge is 0.268 e. The molecule has 0 radical (unpaired) electrons. The van der Waals surface area contributed by atoms with Crippen LogP contribution < -0.4 is 0 Å². The molecule has 0 spiro atoms. The molecule has 3 nitrogen and oxygen atoms in total. The predicted octanol–water partition coefficient (Wildman–Crippen LogP) is 5.92. The number of amides is 2. The third-order valence-electron chi connectivity index (χ3n) is 4.79. The summed E-state index contributed by atoms with van der Waals surface area (Å²) in [5.41, 5.74) is 0.936. The van der Waals surface area contributed by atoms with Crippen molar-refractivity contribution in [3.05, 3.63) is 52.0 Å². The van der Waals surface area contributed by atoms with Crippen LogP contribution >= 0.6 is 23.1 Å². The van der Waals surface area contributed by atoms with Crippen LogP contribution in [0, 0.1) is 5.82 Å². The van der Waals surface area contributed by atoms with Gasteiger partial charge in [-0.15, -0.1) is 11.3 Å². The van der Waals surface area contributed by atoms with Crippen LogP contribution in [0.3, 0.4) is 0 Å². The van der Waals surface area contributed by atoms with Crippen LogP contribution in [0.25, 0.3) is 16.5 Å². The van der Waals surface area contributed by atoms with E-state index in [9.17, 15) is 14.0 Å². The number of halogens is 1. The maximum Gasteiger partial charge on any atom is 0.293 e. The summed E-state index contributed by atoms with van der Waals surface area (Å²) in [4.78, 5) is 28.9. The molecule has 1 aliphatic heterocycles. The zero-order valence-corrected chi connectivity index (χ0v) is 15.7. The van der Waals surface area contributed by atoms with Gasteiger partial charge in [0.05, 0.1) is 4.91 Å². The van der Waals surface area contributed by atoms with E-state index in [0.717, 1.165) is 52.8 Å². The first-order valence-corrected chi connectivity index (χ1v) is 10.4. The van der Waals surface area contributed by atoms with Crippen molar-refractivity contribution in [1.29, 1.82) is 0 Å². The van der Waals surface area contributed by atoms with E-state index in [1.54, 1.807) is 18.2 Å². The molecular weight excluding hydrogens is 369 g/mol. The first-order valence-electron chi connectivity index (χ1n) is 8.75. The molecule has 1 aromatic carbocycles. The Kier molecular flexibility index (Phi) is 4.96. The van der Waals surface area contributed by atoms with Crippen LogP contribution in [0.1, 0.15) is 37.0 Å². The van der Waals surface area contributed by atoms with E-state index in [2.05, 4.69) is 0 Å². The maximum atomic E-state index is 13.1. The number of thiophene rings is 1. The number of carbonyl (C=O) groups excluding carboxylic acids is 2.